The van der Waals surface area contributed by atoms with Crippen molar-refractivity contribution in [2.45, 2.75) is 58.0 Å². The molecule has 5 heteroatoms. The maximum Gasteiger partial charge on any atom is 0.137 e. The third-order valence-corrected chi connectivity index (χ3v) is 5.52. The Bertz CT molecular complexity index is 540. The Labute approximate surface area is 131 Å². The van der Waals surface area contributed by atoms with Crippen LogP contribution >= 0.6 is 11.6 Å². The average Bonchev–Trinajstić information content (AvgIpc) is 3.14. The fraction of sp³-hybridized carbons (Fsp3) is 0.750. The second kappa shape index (κ2) is 6.09. The first-order valence-corrected chi connectivity index (χ1v) is 8.46. The number of hydrogen-bond acceptors (Lipinski definition) is 3. The summed E-state index contributed by atoms with van der Waals surface area (Å²) in [6.07, 6.45) is 6.11. The zero-order valence-corrected chi connectivity index (χ0v) is 13.7. The molecule has 1 aromatic rings. The number of nitrogens with zero attached hydrogens (tertiary/aromatic N) is 3. The maximum absolute atomic E-state index is 12.1. The van der Waals surface area contributed by atoms with Gasteiger partial charge in [0.25, 0.3) is 0 Å². The second-order valence-electron chi connectivity index (χ2n) is 6.33. The monoisotopic (exact) mass is 309 g/mol. The molecule has 116 valence electrons. The topological polar surface area (TPSA) is 38.1 Å². The lowest BCUT2D eigenvalue weighted by Gasteiger charge is -2.28. The van der Waals surface area contributed by atoms with Crippen molar-refractivity contribution in [3.63, 3.8) is 0 Å². The van der Waals surface area contributed by atoms with Gasteiger partial charge in [0.15, 0.2) is 0 Å². The summed E-state index contributed by atoms with van der Waals surface area (Å²) in [6.45, 7) is 3.96. The summed E-state index contributed by atoms with van der Waals surface area (Å²) in [4.78, 5) is 14.5. The number of likely N-dealkylation sites (tertiary alicyclic amines) is 1. The number of rotatable bonds is 4. The van der Waals surface area contributed by atoms with Gasteiger partial charge in [0, 0.05) is 32.0 Å². The number of ketones is 1. The maximum atomic E-state index is 12.1. The molecule has 0 aromatic carbocycles. The lowest BCUT2D eigenvalue weighted by Crippen LogP contribution is -2.37. The quantitative estimate of drug-likeness (QED) is 0.858. The minimum absolute atomic E-state index is 0.255. The molecule has 2 atom stereocenters. The molecular weight excluding hydrogens is 286 g/mol. The minimum atomic E-state index is 0.255. The van der Waals surface area contributed by atoms with Crippen molar-refractivity contribution in [1.29, 1.82) is 0 Å². The molecule has 2 unspecified atom stereocenters. The van der Waals surface area contributed by atoms with E-state index in [-0.39, 0.29) is 5.92 Å². The predicted molar refractivity (Wildman–Crippen MR) is 83.4 cm³/mol. The van der Waals surface area contributed by atoms with E-state index < -0.39 is 0 Å². The smallest absolute Gasteiger partial charge is 0.137 e. The van der Waals surface area contributed by atoms with Gasteiger partial charge in [-0.05, 0) is 38.6 Å². The van der Waals surface area contributed by atoms with Crippen LogP contribution in [0.2, 0.25) is 5.02 Å². The van der Waals surface area contributed by atoms with Crippen LogP contribution in [-0.4, -0.2) is 33.1 Å². The third kappa shape index (κ3) is 2.76. The predicted octanol–water partition coefficient (Wildman–Crippen LogP) is 2.97. The molecule has 1 aliphatic heterocycles. The Morgan fingerprint density at radius 1 is 1.33 bits per heavy atom. The molecule has 3 rings (SSSR count). The van der Waals surface area contributed by atoms with Crippen molar-refractivity contribution in [1.82, 2.24) is 14.7 Å². The van der Waals surface area contributed by atoms with Crippen LogP contribution < -0.4 is 0 Å². The molecule has 2 heterocycles. The zero-order valence-electron chi connectivity index (χ0n) is 12.9. The van der Waals surface area contributed by atoms with Gasteiger partial charge in [0.2, 0.25) is 0 Å². The number of aromatic nitrogens is 2. The summed E-state index contributed by atoms with van der Waals surface area (Å²) in [5.74, 6) is 0.724. The minimum Gasteiger partial charge on any atom is -0.299 e. The molecule has 4 nitrogen and oxygen atoms in total. The van der Waals surface area contributed by atoms with Crippen LogP contribution in [0.1, 0.15) is 50.4 Å². The van der Waals surface area contributed by atoms with Gasteiger partial charge in [-0.2, -0.15) is 5.10 Å². The second-order valence-corrected chi connectivity index (χ2v) is 6.71. The number of carbonyl (C=O) groups is 1. The highest BCUT2D eigenvalue weighted by Gasteiger charge is 2.38. The normalized spacial score (nSPS) is 26.9. The Morgan fingerprint density at radius 2 is 2.14 bits per heavy atom. The largest absolute Gasteiger partial charge is 0.299 e. The highest BCUT2D eigenvalue weighted by Crippen LogP contribution is 2.35. The number of aryl methyl sites for hydroxylation is 2. The molecule has 1 saturated carbocycles. The average molecular weight is 310 g/mol. The molecule has 21 heavy (non-hydrogen) atoms. The Morgan fingerprint density at radius 3 is 2.76 bits per heavy atom. The Kier molecular flexibility index (Phi) is 4.36. The number of carbonyl (C=O) groups excluding carboxylic acids is 1. The number of Topliss-reactive ketones (excluding diaryl/α,β-unsaturated/α-hetero) is 1. The lowest BCUT2D eigenvalue weighted by atomic mass is 9.95. The van der Waals surface area contributed by atoms with Crippen LogP contribution in [0.25, 0.3) is 0 Å². The van der Waals surface area contributed by atoms with Crippen molar-refractivity contribution < 1.29 is 4.79 Å². The van der Waals surface area contributed by atoms with Crippen LogP contribution in [0.5, 0.6) is 0 Å². The van der Waals surface area contributed by atoms with Gasteiger partial charge in [0.05, 0.1) is 16.4 Å². The molecule has 2 aliphatic rings. The highest BCUT2D eigenvalue weighted by atomic mass is 35.5. The molecule has 1 saturated heterocycles. The van der Waals surface area contributed by atoms with Crippen molar-refractivity contribution >= 4 is 17.4 Å². The molecule has 1 aliphatic carbocycles. The molecule has 1 aromatic heterocycles. The zero-order chi connectivity index (χ0) is 15.0. The standard InChI is InChI=1S/C16H24ClN3O/c1-3-12-16(17)14(19(2)18-12)10-20-9-5-7-13(20)11-6-4-8-15(11)21/h11,13H,3-10H2,1-2H3. The van der Waals surface area contributed by atoms with Crippen molar-refractivity contribution in [3.8, 4) is 0 Å². The summed E-state index contributed by atoms with van der Waals surface area (Å²) in [5, 5.41) is 5.31. The van der Waals surface area contributed by atoms with Crippen LogP contribution in [0.4, 0.5) is 0 Å². The van der Waals surface area contributed by atoms with E-state index >= 15 is 0 Å². The van der Waals surface area contributed by atoms with E-state index in [4.69, 9.17) is 11.6 Å². The molecule has 0 amide bonds. The molecule has 0 N–H and O–H groups in total. The molecule has 0 radical (unpaired) electrons. The van der Waals surface area contributed by atoms with Crippen molar-refractivity contribution in [2.24, 2.45) is 13.0 Å². The first-order valence-electron chi connectivity index (χ1n) is 8.08. The lowest BCUT2D eigenvalue weighted by molar-refractivity contribution is -0.122. The Balaban J connectivity index is 1.77. The first-order chi connectivity index (χ1) is 10.1. The van der Waals surface area contributed by atoms with Gasteiger partial charge in [-0.15, -0.1) is 0 Å². The van der Waals surface area contributed by atoms with Crippen molar-refractivity contribution in [3.05, 3.63) is 16.4 Å². The molecule has 0 bridgehead atoms. The first kappa shape index (κ1) is 15.0. The van der Waals surface area contributed by atoms with Gasteiger partial charge < -0.3 is 0 Å². The van der Waals surface area contributed by atoms with Gasteiger partial charge in [-0.1, -0.05) is 18.5 Å². The fourth-order valence-electron chi connectivity index (χ4n) is 3.94. The van der Waals surface area contributed by atoms with E-state index in [0.717, 1.165) is 61.6 Å². The molecule has 2 fully saturated rings. The Hall–Kier alpha value is -0.870. The fourth-order valence-corrected chi connectivity index (χ4v) is 4.29. The SMILES string of the molecule is CCc1nn(C)c(CN2CCCC2C2CCCC2=O)c1Cl. The van der Waals surface area contributed by atoms with E-state index in [2.05, 4.69) is 16.9 Å². The summed E-state index contributed by atoms with van der Waals surface area (Å²) >= 11 is 6.47. The molecule has 0 spiro atoms. The van der Waals surface area contributed by atoms with Crippen LogP contribution in [0.15, 0.2) is 0 Å². The summed E-state index contributed by atoms with van der Waals surface area (Å²) in [7, 11) is 1.96. The molecular formula is C16H24ClN3O. The summed E-state index contributed by atoms with van der Waals surface area (Å²) in [5.41, 5.74) is 2.06. The van der Waals surface area contributed by atoms with Gasteiger partial charge in [-0.25, -0.2) is 0 Å². The van der Waals surface area contributed by atoms with E-state index in [1.165, 1.54) is 6.42 Å². The summed E-state index contributed by atoms with van der Waals surface area (Å²) < 4.78 is 1.91. The highest BCUT2D eigenvalue weighted by molar-refractivity contribution is 6.31. The number of hydrogen-bond donors (Lipinski definition) is 0. The van der Waals surface area contributed by atoms with Gasteiger partial charge >= 0.3 is 0 Å². The number of halogens is 1. The van der Waals surface area contributed by atoms with Crippen LogP contribution in [0.3, 0.4) is 0 Å². The van der Waals surface area contributed by atoms with E-state index in [9.17, 15) is 4.79 Å². The van der Waals surface area contributed by atoms with E-state index in [1.54, 1.807) is 0 Å². The van der Waals surface area contributed by atoms with Gasteiger partial charge in [-0.3, -0.25) is 14.4 Å². The van der Waals surface area contributed by atoms with E-state index in [1.807, 2.05) is 11.7 Å². The third-order valence-electron chi connectivity index (χ3n) is 5.09. The van der Waals surface area contributed by atoms with Crippen LogP contribution in [0, 0.1) is 5.92 Å². The van der Waals surface area contributed by atoms with E-state index in [0.29, 0.717) is 11.8 Å². The van der Waals surface area contributed by atoms with Gasteiger partial charge in [0.1, 0.15) is 5.78 Å². The summed E-state index contributed by atoms with van der Waals surface area (Å²) in [6, 6.07) is 0.413. The van der Waals surface area contributed by atoms with Crippen LogP contribution in [-0.2, 0) is 24.8 Å². The van der Waals surface area contributed by atoms with Crippen molar-refractivity contribution in [2.75, 3.05) is 6.54 Å².